The minimum absolute atomic E-state index is 0.0809. The van der Waals surface area contributed by atoms with Gasteiger partial charge < -0.3 is 31.2 Å². The number of rotatable bonds is 10. The van der Waals surface area contributed by atoms with Crippen molar-refractivity contribution in [3.63, 3.8) is 0 Å². The van der Waals surface area contributed by atoms with Gasteiger partial charge in [-0.15, -0.1) is 5.11 Å². The van der Waals surface area contributed by atoms with Crippen LogP contribution in [0.2, 0.25) is 0 Å². The second-order valence-electron chi connectivity index (χ2n) is 10.7. The molecule has 0 fully saturated rings. The Balaban J connectivity index is 2.00. The number of carbonyl (C=O) groups excluding carboxylic acids is 3. The molecule has 0 bridgehead atoms. The average molecular weight is 542 g/mol. The van der Waals surface area contributed by atoms with E-state index in [0.29, 0.717) is 37.2 Å². The molecular weight excluding hydrogens is 502 g/mol. The van der Waals surface area contributed by atoms with Crippen molar-refractivity contribution in [2.45, 2.75) is 78.0 Å². The highest BCUT2D eigenvalue weighted by Gasteiger charge is 2.25. The molecular formula is C27H39N7O5. The summed E-state index contributed by atoms with van der Waals surface area (Å²) in [5.41, 5.74) is 5.69. The van der Waals surface area contributed by atoms with E-state index in [4.69, 9.17) is 15.2 Å². The first-order valence-corrected chi connectivity index (χ1v) is 12.7. The Morgan fingerprint density at radius 2 is 1.54 bits per heavy atom. The molecule has 39 heavy (non-hydrogen) atoms. The zero-order valence-electron chi connectivity index (χ0n) is 23.4. The van der Waals surface area contributed by atoms with Gasteiger partial charge in [-0.3, -0.25) is 4.79 Å². The zero-order chi connectivity index (χ0) is 29.1. The molecule has 1 heterocycles. The van der Waals surface area contributed by atoms with Crippen molar-refractivity contribution in [1.82, 2.24) is 15.6 Å². The normalized spacial score (nSPS) is 12.5. The Kier molecular flexibility index (Phi) is 11.2. The van der Waals surface area contributed by atoms with Gasteiger partial charge >= 0.3 is 12.2 Å². The Bertz CT molecular complexity index is 1140. The first kappa shape index (κ1) is 31.0. The van der Waals surface area contributed by atoms with Gasteiger partial charge in [-0.25, -0.2) is 14.6 Å². The van der Waals surface area contributed by atoms with Gasteiger partial charge in [-0.05, 0) is 85.1 Å². The SMILES string of the molecule is CC(C)(C)OC(=O)NCCCC[C@H](NC(=O)OC(C)(C)C)C(=O)Nc1ccc(N=Nc2ccccc2)c(N)n1. The fraction of sp³-hybridized carbons (Fsp3) is 0.481. The van der Waals surface area contributed by atoms with E-state index in [1.165, 1.54) is 0 Å². The maximum atomic E-state index is 13.1. The third-order valence-electron chi connectivity index (χ3n) is 4.78. The van der Waals surface area contributed by atoms with Gasteiger partial charge in [-0.2, -0.15) is 5.11 Å². The zero-order valence-corrected chi connectivity index (χ0v) is 23.4. The Morgan fingerprint density at radius 3 is 2.15 bits per heavy atom. The van der Waals surface area contributed by atoms with Crippen LogP contribution >= 0.6 is 0 Å². The number of nitrogens with one attached hydrogen (secondary N) is 3. The standard InChI is InChI=1S/C27H39N7O5/c1-26(2,3)38-24(36)29-17-11-10-14-20(30-25(37)39-27(4,5)6)23(35)32-21-16-15-19(22(28)31-21)34-33-18-12-8-7-9-13-18/h7-9,12-13,15-16,20H,10-11,14,17H2,1-6H3,(H,29,36)(H,30,37)(H3,28,31,32,35)/t20-/m0/s1. The molecule has 0 aliphatic heterocycles. The molecule has 1 atom stereocenters. The Labute approximate surface area is 229 Å². The number of amides is 3. The third-order valence-corrected chi connectivity index (χ3v) is 4.78. The number of benzene rings is 1. The van der Waals surface area contributed by atoms with E-state index in [9.17, 15) is 14.4 Å². The molecule has 12 nitrogen and oxygen atoms in total. The summed E-state index contributed by atoms with van der Waals surface area (Å²) < 4.78 is 10.5. The second kappa shape index (κ2) is 14.1. The number of unbranched alkanes of at least 4 members (excludes halogenated alkanes) is 1. The molecule has 1 aromatic carbocycles. The van der Waals surface area contributed by atoms with Gasteiger partial charge in [0, 0.05) is 6.54 Å². The van der Waals surface area contributed by atoms with Crippen LogP contribution in [-0.4, -0.2) is 46.9 Å². The van der Waals surface area contributed by atoms with Gasteiger partial charge in [0.05, 0.1) is 5.69 Å². The minimum Gasteiger partial charge on any atom is -0.444 e. The maximum absolute atomic E-state index is 13.1. The van der Waals surface area contributed by atoms with Crippen LogP contribution in [0, 0.1) is 0 Å². The monoisotopic (exact) mass is 541 g/mol. The molecule has 12 heteroatoms. The van der Waals surface area contributed by atoms with Crippen LogP contribution in [0.25, 0.3) is 0 Å². The Morgan fingerprint density at radius 1 is 0.897 bits per heavy atom. The van der Waals surface area contributed by atoms with Crippen LogP contribution in [-0.2, 0) is 14.3 Å². The van der Waals surface area contributed by atoms with E-state index >= 15 is 0 Å². The molecule has 2 aromatic rings. The molecule has 0 aliphatic carbocycles. The summed E-state index contributed by atoms with van der Waals surface area (Å²) in [7, 11) is 0. The molecule has 212 valence electrons. The predicted octanol–water partition coefficient (Wildman–Crippen LogP) is 5.61. The lowest BCUT2D eigenvalue weighted by Crippen LogP contribution is -2.46. The number of hydrogen-bond acceptors (Lipinski definition) is 9. The van der Waals surface area contributed by atoms with Gasteiger partial charge in [0.2, 0.25) is 5.91 Å². The number of carbonyl (C=O) groups is 3. The summed E-state index contributed by atoms with van der Waals surface area (Å²) in [5, 5.41) is 16.2. The number of nitrogens with zero attached hydrogens (tertiary/aromatic N) is 3. The van der Waals surface area contributed by atoms with Gasteiger partial charge in [0.25, 0.3) is 0 Å². The summed E-state index contributed by atoms with van der Waals surface area (Å²) in [6.45, 7) is 10.9. The number of aromatic nitrogens is 1. The number of anilines is 2. The van der Waals surface area contributed by atoms with Crippen LogP contribution < -0.4 is 21.7 Å². The third kappa shape index (κ3) is 12.7. The lowest BCUT2D eigenvalue weighted by molar-refractivity contribution is -0.118. The first-order chi connectivity index (χ1) is 18.2. The maximum Gasteiger partial charge on any atom is 0.408 e. The first-order valence-electron chi connectivity index (χ1n) is 12.7. The van der Waals surface area contributed by atoms with Crippen molar-refractivity contribution in [3.05, 3.63) is 42.5 Å². The molecule has 5 N–H and O–H groups in total. The number of alkyl carbamates (subject to hydrolysis) is 2. The van der Waals surface area contributed by atoms with Crippen molar-refractivity contribution in [3.8, 4) is 0 Å². The highest BCUT2D eigenvalue weighted by molar-refractivity contribution is 5.96. The Hall–Kier alpha value is -4.22. The van der Waals surface area contributed by atoms with E-state index in [1.807, 2.05) is 18.2 Å². The molecule has 0 spiro atoms. The summed E-state index contributed by atoms with van der Waals surface area (Å²) in [6.07, 6.45) is 0.140. The summed E-state index contributed by atoms with van der Waals surface area (Å²) in [4.78, 5) is 41.4. The van der Waals surface area contributed by atoms with E-state index in [0.717, 1.165) is 0 Å². The quantitative estimate of drug-likeness (QED) is 0.224. The van der Waals surface area contributed by atoms with E-state index in [2.05, 4.69) is 31.2 Å². The number of azo groups is 1. The number of nitrogen functional groups attached to an aromatic ring is 1. The van der Waals surface area contributed by atoms with Crippen LogP contribution in [0.3, 0.4) is 0 Å². The average Bonchev–Trinajstić information content (AvgIpc) is 2.81. The van der Waals surface area contributed by atoms with Crippen molar-refractivity contribution in [1.29, 1.82) is 0 Å². The van der Waals surface area contributed by atoms with Crippen molar-refractivity contribution < 1.29 is 23.9 Å². The highest BCUT2D eigenvalue weighted by Crippen LogP contribution is 2.24. The summed E-state index contributed by atoms with van der Waals surface area (Å²) in [6, 6.07) is 11.4. The van der Waals surface area contributed by atoms with Gasteiger partial charge in [0.15, 0.2) is 5.82 Å². The molecule has 3 amide bonds. The molecule has 0 unspecified atom stereocenters. The van der Waals surface area contributed by atoms with Gasteiger partial charge in [-0.1, -0.05) is 18.2 Å². The number of nitrogens with two attached hydrogens (primary N) is 1. The number of hydrogen-bond donors (Lipinski definition) is 4. The van der Waals surface area contributed by atoms with E-state index in [1.54, 1.807) is 65.8 Å². The molecule has 0 radical (unpaired) electrons. The fourth-order valence-corrected chi connectivity index (χ4v) is 3.14. The van der Waals surface area contributed by atoms with Gasteiger partial charge in [0.1, 0.15) is 28.7 Å². The smallest absolute Gasteiger partial charge is 0.408 e. The van der Waals surface area contributed by atoms with Crippen LogP contribution in [0.1, 0.15) is 60.8 Å². The lowest BCUT2D eigenvalue weighted by Gasteiger charge is -2.23. The van der Waals surface area contributed by atoms with Crippen molar-refractivity contribution >= 4 is 41.1 Å². The summed E-state index contributed by atoms with van der Waals surface area (Å²) >= 11 is 0. The van der Waals surface area contributed by atoms with Crippen LogP contribution in [0.15, 0.2) is 52.7 Å². The fourth-order valence-electron chi connectivity index (χ4n) is 3.14. The number of ether oxygens (including phenoxy) is 2. The molecule has 0 saturated carbocycles. The van der Waals surface area contributed by atoms with E-state index in [-0.39, 0.29) is 11.6 Å². The molecule has 0 aliphatic rings. The van der Waals surface area contributed by atoms with Crippen molar-refractivity contribution in [2.24, 2.45) is 10.2 Å². The lowest BCUT2D eigenvalue weighted by atomic mass is 10.1. The van der Waals surface area contributed by atoms with Crippen LogP contribution in [0.4, 0.5) is 32.6 Å². The highest BCUT2D eigenvalue weighted by atomic mass is 16.6. The largest absolute Gasteiger partial charge is 0.444 e. The molecule has 1 aromatic heterocycles. The van der Waals surface area contributed by atoms with Crippen LogP contribution in [0.5, 0.6) is 0 Å². The van der Waals surface area contributed by atoms with Crippen molar-refractivity contribution in [2.75, 3.05) is 17.6 Å². The molecule has 2 rings (SSSR count). The second-order valence-corrected chi connectivity index (χ2v) is 10.7. The molecule has 0 saturated heterocycles. The predicted molar refractivity (Wildman–Crippen MR) is 149 cm³/mol. The minimum atomic E-state index is -0.915. The topological polar surface area (TPSA) is 169 Å². The number of pyridine rings is 1. The summed E-state index contributed by atoms with van der Waals surface area (Å²) in [5.74, 6) is -0.220. The van der Waals surface area contributed by atoms with E-state index < -0.39 is 35.3 Å².